The minimum atomic E-state index is -0.116. The summed E-state index contributed by atoms with van der Waals surface area (Å²) in [6, 6.07) is 11.8. The Morgan fingerprint density at radius 1 is 0.969 bits per heavy atom. The summed E-state index contributed by atoms with van der Waals surface area (Å²) in [6.45, 7) is 12.2. The van der Waals surface area contributed by atoms with E-state index in [0.29, 0.717) is 18.0 Å². The quantitative estimate of drug-likeness (QED) is 0.575. The number of ketones is 1. The Kier molecular flexibility index (Phi) is 8.80. The first-order valence-electron chi connectivity index (χ1n) is 11.8. The molecule has 0 atom stereocenters. The van der Waals surface area contributed by atoms with Crippen molar-refractivity contribution >= 4 is 17.5 Å². The lowest BCUT2D eigenvalue weighted by atomic mass is 9.99. The van der Waals surface area contributed by atoms with Crippen molar-refractivity contribution in [3.8, 4) is 0 Å². The molecule has 0 spiro atoms. The largest absolute Gasteiger partial charge is 0.354 e. The number of carbonyl (C=O) groups excluding carboxylic acids is 2. The summed E-state index contributed by atoms with van der Waals surface area (Å²) < 4.78 is 0. The lowest BCUT2D eigenvalue weighted by molar-refractivity contribution is -0.121. The van der Waals surface area contributed by atoms with E-state index < -0.39 is 0 Å². The average molecular weight is 437 g/mol. The molecule has 6 nitrogen and oxygen atoms in total. The van der Waals surface area contributed by atoms with Crippen molar-refractivity contribution in [2.45, 2.75) is 46.6 Å². The number of carbonyl (C=O) groups is 2. The monoisotopic (exact) mass is 436 g/mol. The summed E-state index contributed by atoms with van der Waals surface area (Å²) in [7, 11) is 0. The molecule has 1 N–H and O–H groups in total. The third-order valence-corrected chi connectivity index (χ3v) is 5.94. The van der Waals surface area contributed by atoms with Crippen molar-refractivity contribution in [2.24, 2.45) is 5.92 Å². The molecule has 0 radical (unpaired) electrons. The number of pyridine rings is 1. The van der Waals surface area contributed by atoms with Gasteiger partial charge >= 0.3 is 0 Å². The van der Waals surface area contributed by atoms with Crippen LogP contribution in [0.5, 0.6) is 0 Å². The van der Waals surface area contributed by atoms with Crippen molar-refractivity contribution in [1.29, 1.82) is 0 Å². The highest BCUT2D eigenvalue weighted by Gasteiger charge is 2.16. The van der Waals surface area contributed by atoms with Crippen LogP contribution < -0.4 is 10.2 Å². The number of rotatable bonds is 10. The molecule has 0 unspecified atom stereocenters. The molecule has 1 aromatic heterocycles. The molecule has 0 aliphatic carbocycles. The van der Waals surface area contributed by atoms with Gasteiger partial charge in [-0.15, -0.1) is 0 Å². The number of benzene rings is 1. The summed E-state index contributed by atoms with van der Waals surface area (Å²) in [5.74, 6) is 1.46. The van der Waals surface area contributed by atoms with Gasteiger partial charge in [-0.05, 0) is 36.1 Å². The maximum absolute atomic E-state index is 12.4. The molecular formula is C26H36N4O2. The maximum Gasteiger partial charge on any atom is 0.220 e. The number of piperazine rings is 1. The summed E-state index contributed by atoms with van der Waals surface area (Å²) >= 11 is 0. The molecule has 1 aliphatic heterocycles. The van der Waals surface area contributed by atoms with Crippen molar-refractivity contribution < 1.29 is 9.59 Å². The predicted octanol–water partition coefficient (Wildman–Crippen LogP) is 3.70. The molecule has 1 fully saturated rings. The van der Waals surface area contributed by atoms with Crippen LogP contribution in [-0.4, -0.2) is 54.3 Å². The number of hydrogen-bond acceptors (Lipinski definition) is 5. The first-order chi connectivity index (χ1) is 15.4. The minimum absolute atomic E-state index is 0.00503. The van der Waals surface area contributed by atoms with Gasteiger partial charge < -0.3 is 15.1 Å². The number of anilines is 1. The molecule has 6 heteroatoms. The van der Waals surface area contributed by atoms with Crippen LogP contribution in [0.3, 0.4) is 0 Å². The van der Waals surface area contributed by atoms with Gasteiger partial charge in [0.1, 0.15) is 5.82 Å². The van der Waals surface area contributed by atoms with E-state index >= 15 is 0 Å². The second-order valence-corrected chi connectivity index (χ2v) is 8.94. The number of aromatic nitrogens is 1. The Balaban J connectivity index is 1.39. The molecule has 3 rings (SSSR count). The SMILES string of the molecule is CCN1CCN(c2ccc(CNC(=O)CCC(=O)c3ccc(CC(C)C)cc3)cn2)CC1. The lowest BCUT2D eigenvalue weighted by Gasteiger charge is -2.34. The van der Waals surface area contributed by atoms with Gasteiger partial charge in [-0.1, -0.05) is 51.1 Å². The van der Waals surface area contributed by atoms with Crippen LogP contribution in [0.25, 0.3) is 0 Å². The normalized spacial score (nSPS) is 14.6. The molecule has 1 saturated heterocycles. The van der Waals surface area contributed by atoms with Gasteiger partial charge in [0.2, 0.25) is 5.91 Å². The van der Waals surface area contributed by atoms with Crippen molar-refractivity contribution in [1.82, 2.24) is 15.2 Å². The zero-order valence-corrected chi connectivity index (χ0v) is 19.6. The standard InChI is InChI=1S/C26H36N4O2/c1-4-29-13-15-30(16-14-29)25-11-7-22(18-27-25)19-28-26(32)12-10-24(31)23-8-5-21(6-9-23)17-20(2)3/h5-9,11,18,20H,4,10,12-17,19H2,1-3H3,(H,28,32). The number of hydrogen-bond donors (Lipinski definition) is 1. The van der Waals surface area contributed by atoms with Crippen LogP contribution >= 0.6 is 0 Å². The van der Waals surface area contributed by atoms with E-state index in [9.17, 15) is 9.59 Å². The van der Waals surface area contributed by atoms with Crippen molar-refractivity contribution in [2.75, 3.05) is 37.6 Å². The topological polar surface area (TPSA) is 65.5 Å². The van der Waals surface area contributed by atoms with Gasteiger partial charge in [-0.3, -0.25) is 9.59 Å². The average Bonchev–Trinajstić information content (AvgIpc) is 2.81. The number of amides is 1. The van der Waals surface area contributed by atoms with E-state index in [1.165, 1.54) is 5.56 Å². The van der Waals surface area contributed by atoms with E-state index in [-0.39, 0.29) is 24.5 Å². The van der Waals surface area contributed by atoms with Crippen LogP contribution in [-0.2, 0) is 17.8 Å². The molecule has 1 aromatic carbocycles. The number of nitrogens with zero attached hydrogens (tertiary/aromatic N) is 3. The Bertz CT molecular complexity index is 870. The highest BCUT2D eigenvalue weighted by Crippen LogP contribution is 2.15. The van der Waals surface area contributed by atoms with Gasteiger partial charge in [0.15, 0.2) is 5.78 Å². The zero-order chi connectivity index (χ0) is 22.9. The van der Waals surface area contributed by atoms with Crippen molar-refractivity contribution in [3.63, 3.8) is 0 Å². The Hall–Kier alpha value is -2.73. The summed E-state index contributed by atoms with van der Waals surface area (Å²) in [6.07, 6.45) is 3.24. The number of likely N-dealkylation sites (N-methyl/N-ethyl adjacent to an activating group) is 1. The van der Waals surface area contributed by atoms with Gasteiger partial charge in [0.05, 0.1) is 0 Å². The molecule has 2 aromatic rings. The zero-order valence-electron chi connectivity index (χ0n) is 19.6. The van der Waals surface area contributed by atoms with Gasteiger partial charge in [-0.25, -0.2) is 4.98 Å². The molecule has 32 heavy (non-hydrogen) atoms. The van der Waals surface area contributed by atoms with Crippen LogP contribution in [0.1, 0.15) is 55.1 Å². The molecule has 0 bridgehead atoms. The summed E-state index contributed by atoms with van der Waals surface area (Å²) in [5, 5.41) is 2.90. The maximum atomic E-state index is 12.4. The first-order valence-corrected chi connectivity index (χ1v) is 11.8. The Morgan fingerprint density at radius 2 is 1.66 bits per heavy atom. The smallest absolute Gasteiger partial charge is 0.220 e. The fraction of sp³-hybridized carbons (Fsp3) is 0.500. The fourth-order valence-electron chi connectivity index (χ4n) is 3.96. The predicted molar refractivity (Wildman–Crippen MR) is 129 cm³/mol. The van der Waals surface area contributed by atoms with E-state index in [2.05, 4.69) is 40.9 Å². The summed E-state index contributed by atoms with van der Waals surface area (Å²) in [4.78, 5) is 33.9. The van der Waals surface area contributed by atoms with E-state index in [0.717, 1.165) is 50.5 Å². The Labute approximate surface area is 192 Å². The minimum Gasteiger partial charge on any atom is -0.354 e. The molecule has 0 saturated carbocycles. The second-order valence-electron chi connectivity index (χ2n) is 8.94. The van der Waals surface area contributed by atoms with Crippen LogP contribution in [0.15, 0.2) is 42.6 Å². The van der Waals surface area contributed by atoms with Gasteiger partial charge in [0, 0.05) is 57.3 Å². The lowest BCUT2D eigenvalue weighted by Crippen LogP contribution is -2.46. The molecule has 1 amide bonds. The van der Waals surface area contributed by atoms with E-state index in [4.69, 9.17) is 0 Å². The third kappa shape index (κ3) is 7.16. The third-order valence-electron chi connectivity index (χ3n) is 5.94. The summed E-state index contributed by atoms with van der Waals surface area (Å²) in [5.41, 5.74) is 2.86. The van der Waals surface area contributed by atoms with Gasteiger partial charge in [0.25, 0.3) is 0 Å². The highest BCUT2D eigenvalue weighted by atomic mass is 16.2. The van der Waals surface area contributed by atoms with Crippen molar-refractivity contribution in [3.05, 3.63) is 59.3 Å². The molecular weight excluding hydrogens is 400 g/mol. The second kappa shape index (κ2) is 11.8. The van der Waals surface area contributed by atoms with Crippen LogP contribution in [0.2, 0.25) is 0 Å². The Morgan fingerprint density at radius 3 is 2.25 bits per heavy atom. The number of Topliss-reactive ketones (excluding diaryl/α,β-unsaturated/α-hetero) is 1. The van der Waals surface area contributed by atoms with E-state index in [1.54, 1.807) is 0 Å². The van der Waals surface area contributed by atoms with Gasteiger partial charge in [-0.2, -0.15) is 0 Å². The molecule has 172 valence electrons. The first kappa shape index (κ1) is 23.9. The van der Waals surface area contributed by atoms with Crippen LogP contribution in [0, 0.1) is 5.92 Å². The number of nitrogens with one attached hydrogen (secondary N) is 1. The van der Waals surface area contributed by atoms with Crippen LogP contribution in [0.4, 0.5) is 5.82 Å². The molecule has 1 aliphatic rings. The highest BCUT2D eigenvalue weighted by molar-refractivity contribution is 5.97. The fourth-order valence-corrected chi connectivity index (χ4v) is 3.96. The van der Waals surface area contributed by atoms with E-state index in [1.807, 2.05) is 42.6 Å². The molecule has 2 heterocycles.